The van der Waals surface area contributed by atoms with Crippen LogP contribution in [-0.2, 0) is 19.1 Å². The Morgan fingerprint density at radius 3 is 2.38 bits per heavy atom. The lowest BCUT2D eigenvalue weighted by Gasteiger charge is -2.16. The molecule has 1 aromatic carbocycles. The number of thiophene rings is 1. The molecule has 17 nitrogen and oxygen atoms in total. The van der Waals surface area contributed by atoms with Gasteiger partial charge in [0, 0.05) is 36.6 Å². The second-order valence-electron chi connectivity index (χ2n) is 15.2. The summed E-state index contributed by atoms with van der Waals surface area (Å²) in [6, 6.07) is 14.3. The standard InChI is InChI=1S/C44H48BF2N9O8S/c46-45(47)56-31(16-19-33(56)34-8-7-23-65-34)24-30-15-14-29(54-30)13-10-28-11-17-32(18-12-28)63-25-36(58)49-21-4-1-3-9-35(57)48-20-5-2-6-22-50-41-37-42(52-26-51-41)55(27-53-37)43-39(60)38(59)40(64-43)44(61)62/h7-8,10-19,23-24,26-27,38-40,43,59-60H,1-6,9,20-22,25H2,(H,48,57)(H,49,58)(H,61,62)(H,50,51,52)/b13-10+,30-24-/t38-,39+,40-,43+/m0/s1. The van der Waals surface area contributed by atoms with E-state index >= 15 is 0 Å². The molecule has 21 heteroatoms. The number of aromatic nitrogens is 5. The van der Waals surface area contributed by atoms with E-state index in [4.69, 9.17) is 9.47 Å². The number of nitrogens with one attached hydrogen (secondary N) is 3. The van der Waals surface area contributed by atoms with Gasteiger partial charge in [-0.05, 0) is 97.7 Å². The van der Waals surface area contributed by atoms with Crippen molar-refractivity contribution in [3.05, 3.63) is 102 Å². The number of aliphatic hydroxyl groups is 2. The number of carboxylic acids is 1. The minimum atomic E-state index is -2.69. The minimum Gasteiger partial charge on any atom is -0.484 e. The van der Waals surface area contributed by atoms with Crippen molar-refractivity contribution in [1.82, 2.24) is 34.6 Å². The first-order valence-corrected chi connectivity index (χ1v) is 22.1. The van der Waals surface area contributed by atoms with E-state index in [1.807, 2.05) is 47.9 Å². The van der Waals surface area contributed by atoms with E-state index in [0.29, 0.717) is 78.0 Å². The zero-order valence-electron chi connectivity index (χ0n) is 35.1. The predicted molar refractivity (Wildman–Crippen MR) is 242 cm³/mol. The molecule has 340 valence electrons. The summed E-state index contributed by atoms with van der Waals surface area (Å²) < 4.78 is 41.3. The molecule has 1 saturated heterocycles. The number of nitrogens with zero attached hydrogens (tertiary/aromatic N) is 6. The van der Waals surface area contributed by atoms with Crippen molar-refractivity contribution >= 4 is 71.4 Å². The monoisotopic (exact) mass is 911 g/mol. The van der Waals surface area contributed by atoms with Crippen molar-refractivity contribution in [3.63, 3.8) is 0 Å². The van der Waals surface area contributed by atoms with Gasteiger partial charge in [-0.3, -0.25) is 22.8 Å². The lowest BCUT2D eigenvalue weighted by molar-refractivity contribution is -0.155. The van der Waals surface area contributed by atoms with E-state index in [0.717, 1.165) is 47.0 Å². The van der Waals surface area contributed by atoms with Crippen LogP contribution in [-0.4, -0.2) is 115 Å². The Kier molecular flexibility index (Phi) is 16.0. The first kappa shape index (κ1) is 46.4. The molecule has 4 aromatic heterocycles. The Morgan fingerprint density at radius 2 is 1.65 bits per heavy atom. The number of rotatable bonds is 23. The first-order chi connectivity index (χ1) is 31.5. The molecule has 2 amide bonds. The number of ether oxygens (including phenoxy) is 2. The van der Waals surface area contributed by atoms with E-state index in [1.165, 1.54) is 28.6 Å². The van der Waals surface area contributed by atoms with Gasteiger partial charge in [-0.2, -0.15) is 0 Å². The smallest absolute Gasteiger partial charge is 0.484 e. The van der Waals surface area contributed by atoms with Crippen molar-refractivity contribution in [2.24, 2.45) is 4.99 Å². The fraction of sp³-hybridized carbons (Fsp3) is 0.341. The molecule has 65 heavy (non-hydrogen) atoms. The molecule has 0 aliphatic carbocycles. The highest BCUT2D eigenvalue weighted by molar-refractivity contribution is 7.13. The average molecular weight is 912 g/mol. The van der Waals surface area contributed by atoms with Gasteiger partial charge in [0.15, 0.2) is 35.9 Å². The van der Waals surface area contributed by atoms with Gasteiger partial charge in [0.1, 0.15) is 24.3 Å². The summed E-state index contributed by atoms with van der Waals surface area (Å²) >= 11 is 1.41. The molecule has 0 unspecified atom stereocenters. The number of aliphatic carboxylic acids is 1. The number of hydrogen-bond acceptors (Lipinski definition) is 13. The minimum absolute atomic E-state index is 0.0184. The number of carbonyl (C=O) groups is 3. The van der Waals surface area contributed by atoms with E-state index in [-0.39, 0.29) is 18.4 Å². The number of hydrogen-bond donors (Lipinski definition) is 6. The van der Waals surface area contributed by atoms with Crippen molar-refractivity contribution in [2.75, 3.05) is 31.6 Å². The largest absolute Gasteiger partial charge is 0.678 e. The number of halogens is 2. The van der Waals surface area contributed by atoms with Crippen LogP contribution < -0.4 is 20.7 Å². The second kappa shape index (κ2) is 22.4. The first-order valence-electron chi connectivity index (χ1n) is 21.2. The Labute approximate surface area is 376 Å². The van der Waals surface area contributed by atoms with Crippen LogP contribution in [0.25, 0.3) is 33.9 Å². The zero-order chi connectivity index (χ0) is 45.7. The Morgan fingerprint density at radius 1 is 0.877 bits per heavy atom. The third-order valence-electron chi connectivity index (χ3n) is 10.6. The van der Waals surface area contributed by atoms with Crippen LogP contribution in [0.5, 0.6) is 5.75 Å². The number of allylic oxidation sites excluding steroid dienone is 3. The van der Waals surface area contributed by atoms with Crippen LogP contribution in [0.3, 0.4) is 0 Å². The summed E-state index contributed by atoms with van der Waals surface area (Å²) in [5.41, 5.74) is 3.68. The molecule has 4 atom stereocenters. The third kappa shape index (κ3) is 12.2. The second-order valence-corrected chi connectivity index (χ2v) is 16.2. The number of fused-ring (bicyclic) bond motifs is 1. The van der Waals surface area contributed by atoms with Crippen LogP contribution >= 0.6 is 11.3 Å². The Balaban J connectivity index is 0.711. The van der Waals surface area contributed by atoms with Gasteiger partial charge in [0.2, 0.25) is 5.91 Å². The quantitative estimate of drug-likeness (QED) is 0.0360. The molecule has 0 radical (unpaired) electrons. The Hall–Kier alpha value is -6.55. The number of aliphatic imine (C=N–C) groups is 1. The topological polar surface area (TPSA) is 227 Å². The van der Waals surface area contributed by atoms with Crippen molar-refractivity contribution in [3.8, 4) is 16.3 Å². The van der Waals surface area contributed by atoms with Gasteiger partial charge >= 0.3 is 13.4 Å². The number of amides is 2. The van der Waals surface area contributed by atoms with Gasteiger partial charge in [-0.25, -0.2) is 24.7 Å². The van der Waals surface area contributed by atoms with Gasteiger partial charge in [0.05, 0.1) is 23.4 Å². The van der Waals surface area contributed by atoms with Gasteiger partial charge in [-0.1, -0.05) is 30.7 Å². The number of carboxylic acid groups (broad SMARTS) is 1. The lowest BCUT2D eigenvalue weighted by Crippen LogP contribution is -2.35. The van der Waals surface area contributed by atoms with Crippen LogP contribution in [0.1, 0.15) is 62.4 Å². The van der Waals surface area contributed by atoms with Gasteiger partial charge in [-0.15, -0.1) is 11.3 Å². The fourth-order valence-electron chi connectivity index (χ4n) is 7.23. The number of benzene rings is 1. The lowest BCUT2D eigenvalue weighted by atomic mass is 10.1. The van der Waals surface area contributed by atoms with Crippen molar-refractivity contribution < 1.29 is 47.8 Å². The zero-order valence-corrected chi connectivity index (χ0v) is 35.9. The van der Waals surface area contributed by atoms with Gasteiger partial charge < -0.3 is 45.2 Å². The maximum atomic E-state index is 14.0. The van der Waals surface area contributed by atoms with Crippen LogP contribution in [0, 0.1) is 0 Å². The molecule has 0 bridgehead atoms. The number of aliphatic hydroxyl groups excluding tert-OH is 2. The molecular weight excluding hydrogens is 863 g/mol. The van der Waals surface area contributed by atoms with Crippen LogP contribution in [0.15, 0.2) is 95.5 Å². The van der Waals surface area contributed by atoms with Crippen molar-refractivity contribution in [2.45, 2.75) is 69.5 Å². The summed E-state index contributed by atoms with van der Waals surface area (Å²) in [6.45, 7) is 1.48. The SMILES string of the molecule is O=C(CCCCCNC(=O)COc1ccc(/C=C/C2=NC(=C\c3ccc(-c4cccs4)n3B(F)F)/C=C2)cc1)NCCCCCNc1ncnc2c1ncn2[C@@H]1O[C@H](C(=O)O)[C@@H](O)[C@H]1O. The van der Waals surface area contributed by atoms with Gasteiger partial charge in [0.25, 0.3) is 5.91 Å². The number of unbranched alkanes of at least 4 members (excludes halogenated alkanes) is 4. The highest BCUT2D eigenvalue weighted by Crippen LogP contribution is 2.33. The van der Waals surface area contributed by atoms with Crippen LogP contribution in [0.4, 0.5) is 14.4 Å². The molecule has 6 N–H and O–H groups in total. The molecule has 2 aliphatic heterocycles. The number of anilines is 1. The van der Waals surface area contributed by atoms with E-state index < -0.39 is 37.9 Å². The average Bonchev–Trinajstić information content (AvgIpc) is 4.16. The summed E-state index contributed by atoms with van der Waals surface area (Å²) in [7, 11) is -2.69. The molecule has 2 aliphatic rings. The highest BCUT2D eigenvalue weighted by atomic mass is 32.1. The normalized spacial score (nSPS) is 18.7. The predicted octanol–water partition coefficient (Wildman–Crippen LogP) is 5.35. The molecule has 1 fully saturated rings. The maximum absolute atomic E-state index is 14.0. The molecule has 6 heterocycles. The summed E-state index contributed by atoms with van der Waals surface area (Å²) in [5.74, 6) is -0.643. The van der Waals surface area contributed by atoms with E-state index in [1.54, 1.807) is 36.4 Å². The number of carbonyl (C=O) groups excluding carboxylic acids is 2. The van der Waals surface area contributed by atoms with Crippen LogP contribution in [0.2, 0.25) is 0 Å². The molecule has 0 saturated carbocycles. The Bertz CT molecular complexity index is 2550. The highest BCUT2D eigenvalue weighted by Gasteiger charge is 2.48. The molecule has 0 spiro atoms. The van der Waals surface area contributed by atoms with Crippen molar-refractivity contribution in [1.29, 1.82) is 0 Å². The maximum Gasteiger partial charge on any atom is 0.678 e. The molecular formula is C44H48BF2N9O8S. The van der Waals surface area contributed by atoms with E-state index in [9.17, 15) is 38.3 Å². The summed E-state index contributed by atoms with van der Waals surface area (Å²) in [6.07, 6.45) is 10.8. The number of imidazole rings is 1. The summed E-state index contributed by atoms with van der Waals surface area (Å²) in [5, 5.41) is 40.5. The third-order valence-corrected chi connectivity index (χ3v) is 11.5. The summed E-state index contributed by atoms with van der Waals surface area (Å²) in [4.78, 5) is 54.0. The molecule has 5 aromatic rings. The fourth-order valence-corrected chi connectivity index (χ4v) is 7.97. The van der Waals surface area contributed by atoms with E-state index in [2.05, 4.69) is 35.9 Å². The molecule has 7 rings (SSSR count).